The number of nitrogens with zero attached hydrogens (tertiary/aromatic N) is 1. The number of hydrogen-bond acceptors (Lipinski definition) is 9. The largest absolute Gasteiger partial charge is 0.456 e. The quantitative estimate of drug-likeness (QED) is 0.214. The molecule has 0 saturated heterocycles. The highest BCUT2D eigenvalue weighted by Crippen LogP contribution is 2.31. The predicted octanol–water partition coefficient (Wildman–Crippen LogP) is 2.95. The van der Waals surface area contributed by atoms with Crippen LogP contribution in [-0.4, -0.2) is 47.2 Å². The number of halogens is 2. The maximum atomic E-state index is 12.5. The molecule has 0 aromatic heterocycles. The van der Waals surface area contributed by atoms with Crippen LogP contribution in [0.1, 0.15) is 40.5 Å². The number of carbonyl (C=O) groups excluding carboxylic acids is 4. The van der Waals surface area contributed by atoms with Gasteiger partial charge in [0.1, 0.15) is 22.1 Å². The summed E-state index contributed by atoms with van der Waals surface area (Å²) in [6, 6.07) is -1.12. The van der Waals surface area contributed by atoms with Crippen LogP contribution in [-0.2, 0) is 28.7 Å². The number of esters is 2. The minimum atomic E-state index is -1.12. The summed E-state index contributed by atoms with van der Waals surface area (Å²) in [7, 11) is 0. The van der Waals surface area contributed by atoms with Crippen LogP contribution < -0.4 is 10.6 Å². The number of cyclic esters (lactones) is 1. The molecule has 1 heterocycles. The van der Waals surface area contributed by atoms with Gasteiger partial charge < -0.3 is 20.1 Å². The van der Waals surface area contributed by atoms with Crippen LogP contribution in [0.2, 0.25) is 0 Å². The van der Waals surface area contributed by atoms with Crippen molar-refractivity contribution < 1.29 is 28.7 Å². The zero-order valence-corrected chi connectivity index (χ0v) is 21.3. The molecule has 10 nitrogen and oxygen atoms in total. The number of amides is 2. The highest BCUT2D eigenvalue weighted by Gasteiger charge is 2.38. The van der Waals surface area contributed by atoms with Gasteiger partial charge in [-0.3, -0.25) is 14.4 Å². The van der Waals surface area contributed by atoms with Crippen LogP contribution in [0.3, 0.4) is 0 Å². The Morgan fingerprint density at radius 2 is 1.97 bits per heavy atom. The standard InChI is InChI=1S/C18H23Br2N3O7S/c1-5-6-11(10-7-12(15(19)20)30-17(10)27)29-13(25)8-21-16(26)14(22-9(2)24)18(3,4)31-23-28/h7,11,14H,5-6,8H2,1-4H3,(H,21,26)(H,22,24). The maximum Gasteiger partial charge on any atom is 0.343 e. The van der Waals surface area contributed by atoms with Crippen LogP contribution in [0.25, 0.3) is 0 Å². The lowest BCUT2D eigenvalue weighted by Gasteiger charge is -2.30. The van der Waals surface area contributed by atoms with E-state index in [1.807, 2.05) is 6.92 Å². The Labute approximate surface area is 200 Å². The van der Waals surface area contributed by atoms with Gasteiger partial charge in [0, 0.05) is 23.5 Å². The van der Waals surface area contributed by atoms with Gasteiger partial charge in [-0.25, -0.2) is 4.79 Å². The third kappa shape index (κ3) is 8.37. The summed E-state index contributed by atoms with van der Waals surface area (Å²) in [5.74, 6) is -2.33. The van der Waals surface area contributed by atoms with E-state index in [1.165, 1.54) is 13.0 Å². The number of ether oxygens (including phenoxy) is 2. The van der Waals surface area contributed by atoms with Crippen molar-refractivity contribution in [3.05, 3.63) is 25.7 Å². The average Bonchev–Trinajstić information content (AvgIpc) is 3.05. The van der Waals surface area contributed by atoms with E-state index in [4.69, 9.17) is 9.47 Å². The number of nitroso groups, excluding NO2 is 1. The smallest absolute Gasteiger partial charge is 0.343 e. The molecule has 2 unspecified atom stereocenters. The summed E-state index contributed by atoms with van der Waals surface area (Å²) in [6.45, 7) is 5.69. The molecule has 0 fully saturated rings. The first-order valence-corrected chi connectivity index (χ1v) is 11.5. The van der Waals surface area contributed by atoms with Crippen LogP contribution in [0.15, 0.2) is 25.4 Å². The molecule has 31 heavy (non-hydrogen) atoms. The van der Waals surface area contributed by atoms with Crippen LogP contribution in [0, 0.1) is 4.91 Å². The minimum Gasteiger partial charge on any atom is -0.456 e. The molecule has 0 spiro atoms. The van der Waals surface area contributed by atoms with Crippen molar-refractivity contribution in [1.82, 2.24) is 10.6 Å². The maximum absolute atomic E-state index is 12.5. The van der Waals surface area contributed by atoms with Crippen molar-refractivity contribution in [2.75, 3.05) is 6.54 Å². The topological polar surface area (TPSA) is 140 Å². The van der Waals surface area contributed by atoms with Crippen LogP contribution in [0.4, 0.5) is 0 Å². The third-order valence-electron chi connectivity index (χ3n) is 4.07. The molecule has 0 saturated carbocycles. The van der Waals surface area contributed by atoms with Gasteiger partial charge in [-0.15, -0.1) is 4.91 Å². The molecule has 2 N–H and O–H groups in total. The SMILES string of the molecule is CCCC(OC(=O)CNC(=O)C(NC(C)=O)C(C)(C)SN=O)C1=CC(=C(Br)Br)OC1=O. The number of carbonyl (C=O) groups is 4. The van der Waals surface area contributed by atoms with Gasteiger partial charge in [-0.05, 0) is 58.2 Å². The van der Waals surface area contributed by atoms with Gasteiger partial charge in [0.25, 0.3) is 0 Å². The molecular formula is C18H23Br2N3O7S. The Morgan fingerprint density at radius 3 is 2.45 bits per heavy atom. The Balaban J connectivity index is 2.84. The Bertz CT molecular complexity index is 810. The highest BCUT2D eigenvalue weighted by atomic mass is 79.9. The highest BCUT2D eigenvalue weighted by molar-refractivity contribution is 9.28. The molecule has 172 valence electrons. The second kappa shape index (κ2) is 12.3. The molecule has 1 rings (SSSR count). The van der Waals surface area contributed by atoms with Gasteiger partial charge in [-0.2, -0.15) is 0 Å². The summed E-state index contributed by atoms with van der Waals surface area (Å²) in [6.07, 6.45) is 1.61. The summed E-state index contributed by atoms with van der Waals surface area (Å²) in [5.41, 5.74) is 0.179. The summed E-state index contributed by atoms with van der Waals surface area (Å²) >= 11 is 6.90. The van der Waals surface area contributed by atoms with E-state index in [-0.39, 0.29) is 11.3 Å². The minimum absolute atomic E-state index is 0.179. The molecule has 0 aromatic carbocycles. The normalized spacial score (nSPS) is 15.4. The van der Waals surface area contributed by atoms with Gasteiger partial charge in [0.2, 0.25) is 11.8 Å². The summed E-state index contributed by atoms with van der Waals surface area (Å²) in [4.78, 5) is 59.1. The second-order valence-electron chi connectivity index (χ2n) is 7.00. The fraction of sp³-hybridized carbons (Fsp3) is 0.556. The molecule has 0 aromatic rings. The van der Waals surface area contributed by atoms with Gasteiger partial charge >= 0.3 is 11.9 Å². The molecule has 1 aliphatic heterocycles. The lowest BCUT2D eigenvalue weighted by molar-refractivity contribution is -0.149. The van der Waals surface area contributed by atoms with Gasteiger partial charge in [-0.1, -0.05) is 13.3 Å². The van der Waals surface area contributed by atoms with E-state index in [0.29, 0.717) is 28.2 Å². The van der Waals surface area contributed by atoms with Crippen molar-refractivity contribution in [1.29, 1.82) is 0 Å². The van der Waals surface area contributed by atoms with Crippen molar-refractivity contribution in [3.63, 3.8) is 0 Å². The second-order valence-corrected chi connectivity index (χ2v) is 11.0. The van der Waals surface area contributed by atoms with E-state index >= 15 is 0 Å². The summed E-state index contributed by atoms with van der Waals surface area (Å²) < 4.78 is 12.6. The lowest BCUT2D eigenvalue weighted by Crippen LogP contribution is -2.56. The van der Waals surface area contributed by atoms with Crippen LogP contribution >= 0.6 is 43.8 Å². The van der Waals surface area contributed by atoms with Gasteiger partial charge in [0.15, 0.2) is 5.76 Å². The molecule has 0 bridgehead atoms. The number of nitrogens with one attached hydrogen (secondary N) is 2. The Hall–Kier alpha value is -1.73. The lowest BCUT2D eigenvalue weighted by atomic mass is 10.0. The fourth-order valence-corrected chi connectivity index (χ4v) is 3.47. The molecule has 2 atom stereocenters. The Kier molecular flexibility index (Phi) is 10.9. The molecule has 2 amide bonds. The van der Waals surface area contributed by atoms with E-state index in [0.717, 1.165) is 0 Å². The number of hydrogen-bond donors (Lipinski definition) is 2. The molecule has 1 aliphatic rings. The van der Waals surface area contributed by atoms with E-state index in [1.54, 1.807) is 13.8 Å². The van der Waals surface area contributed by atoms with Gasteiger partial charge in [0.05, 0.1) is 10.3 Å². The van der Waals surface area contributed by atoms with E-state index < -0.39 is 47.2 Å². The van der Waals surface area contributed by atoms with Crippen molar-refractivity contribution >= 4 is 67.6 Å². The van der Waals surface area contributed by atoms with Crippen molar-refractivity contribution in [2.24, 2.45) is 4.58 Å². The first kappa shape index (κ1) is 27.3. The fourth-order valence-electron chi connectivity index (χ4n) is 2.61. The number of rotatable bonds is 11. The summed E-state index contributed by atoms with van der Waals surface area (Å²) in [5, 5.41) is 4.83. The first-order chi connectivity index (χ1) is 14.4. The van der Waals surface area contributed by atoms with Crippen LogP contribution in [0.5, 0.6) is 0 Å². The zero-order chi connectivity index (χ0) is 23.8. The average molecular weight is 585 g/mol. The molecule has 0 radical (unpaired) electrons. The van der Waals surface area contributed by atoms with Crippen molar-refractivity contribution in [2.45, 2.75) is 57.4 Å². The predicted molar refractivity (Wildman–Crippen MR) is 122 cm³/mol. The first-order valence-electron chi connectivity index (χ1n) is 9.17. The molecule has 0 aliphatic carbocycles. The van der Waals surface area contributed by atoms with Crippen molar-refractivity contribution in [3.8, 4) is 0 Å². The van der Waals surface area contributed by atoms with E-state index in [2.05, 4.69) is 47.1 Å². The Morgan fingerprint density at radius 1 is 1.32 bits per heavy atom. The monoisotopic (exact) mass is 583 g/mol. The molecular weight excluding hydrogens is 562 g/mol. The third-order valence-corrected chi connectivity index (χ3v) is 5.63. The van der Waals surface area contributed by atoms with E-state index in [9.17, 15) is 24.1 Å². The zero-order valence-electron chi connectivity index (χ0n) is 17.3. The number of allylic oxidation sites excluding steroid dienone is 1. The molecule has 13 heteroatoms.